The van der Waals surface area contributed by atoms with E-state index in [1.807, 2.05) is 0 Å². The zero-order valence-electron chi connectivity index (χ0n) is 14.5. The predicted molar refractivity (Wildman–Crippen MR) is 91.2 cm³/mol. The van der Waals surface area contributed by atoms with Crippen molar-refractivity contribution in [3.63, 3.8) is 0 Å². The summed E-state index contributed by atoms with van der Waals surface area (Å²) in [7, 11) is 4.37. The summed E-state index contributed by atoms with van der Waals surface area (Å²) in [6, 6.07) is 7.75. The van der Waals surface area contributed by atoms with E-state index in [0.717, 1.165) is 0 Å². The Kier molecular flexibility index (Phi) is 4.54. The number of fused-ring (bicyclic) bond motifs is 1. The predicted octanol–water partition coefficient (Wildman–Crippen LogP) is 2.84. The molecule has 1 heterocycles. The highest BCUT2D eigenvalue weighted by Crippen LogP contribution is 2.45. The van der Waals surface area contributed by atoms with E-state index < -0.39 is 23.7 Å². The van der Waals surface area contributed by atoms with Gasteiger partial charge in [-0.15, -0.1) is 0 Å². The number of aliphatic carboxylic acids is 1. The van der Waals surface area contributed by atoms with E-state index in [1.165, 1.54) is 56.5 Å². The summed E-state index contributed by atoms with van der Waals surface area (Å²) in [4.78, 5) is 26.3. The summed E-state index contributed by atoms with van der Waals surface area (Å²) in [6.45, 7) is 0. The number of halogens is 1. The fraction of sp³-hybridized carbons (Fsp3) is 0.263. The molecule has 2 atom stereocenters. The molecule has 0 fully saturated rings. The fourth-order valence-corrected chi connectivity index (χ4v) is 3.42. The van der Waals surface area contributed by atoms with Crippen LogP contribution in [0, 0.1) is 5.82 Å². The molecule has 1 aliphatic rings. The van der Waals surface area contributed by atoms with Crippen LogP contribution < -0.4 is 9.47 Å². The largest absolute Gasteiger partial charge is 0.493 e. The number of amides is 1. The van der Waals surface area contributed by atoms with Gasteiger partial charge in [-0.05, 0) is 35.4 Å². The first-order valence-electron chi connectivity index (χ1n) is 7.90. The van der Waals surface area contributed by atoms with E-state index in [1.54, 1.807) is 6.07 Å². The molecule has 26 heavy (non-hydrogen) atoms. The van der Waals surface area contributed by atoms with Crippen LogP contribution in [-0.4, -0.2) is 43.2 Å². The Hall–Kier alpha value is -3.09. The third-order valence-corrected chi connectivity index (χ3v) is 4.63. The molecule has 0 unspecified atom stereocenters. The molecule has 1 N–H and O–H groups in total. The maximum absolute atomic E-state index is 13.7. The van der Waals surface area contributed by atoms with Gasteiger partial charge < -0.3 is 19.5 Å². The number of carboxylic acid groups (broad SMARTS) is 1. The maximum Gasteiger partial charge on any atom is 0.313 e. The smallest absolute Gasteiger partial charge is 0.313 e. The lowest BCUT2D eigenvalue weighted by molar-refractivity contribution is -0.140. The summed E-state index contributed by atoms with van der Waals surface area (Å²) < 4.78 is 24.2. The number of hydrogen-bond donors (Lipinski definition) is 1. The quantitative estimate of drug-likeness (QED) is 0.908. The molecule has 7 heteroatoms. The topological polar surface area (TPSA) is 76.1 Å². The van der Waals surface area contributed by atoms with Crippen LogP contribution in [0.1, 0.15) is 33.4 Å². The SMILES string of the molecule is COc1cc2c(cc1OC)[C@H](C(=O)O)[C@H](c1cccc(F)c1)N(C)C2=O. The summed E-state index contributed by atoms with van der Waals surface area (Å²) >= 11 is 0. The number of ether oxygens (including phenoxy) is 2. The van der Waals surface area contributed by atoms with Gasteiger partial charge in [0.05, 0.1) is 20.3 Å². The van der Waals surface area contributed by atoms with Crippen molar-refractivity contribution in [2.45, 2.75) is 12.0 Å². The zero-order chi connectivity index (χ0) is 19.0. The number of likely N-dealkylation sites (N-methyl/N-ethyl adjacent to an activating group) is 1. The first kappa shape index (κ1) is 17.7. The van der Waals surface area contributed by atoms with Crippen LogP contribution in [0.2, 0.25) is 0 Å². The highest BCUT2D eigenvalue weighted by molar-refractivity contribution is 6.01. The molecule has 1 aliphatic heterocycles. The molecule has 0 radical (unpaired) electrons. The first-order valence-corrected chi connectivity index (χ1v) is 7.90. The van der Waals surface area contributed by atoms with Gasteiger partial charge in [-0.2, -0.15) is 0 Å². The standard InChI is InChI=1S/C19H18FNO5/c1-21-17(10-5-4-6-11(20)7-10)16(19(23)24)12-8-14(25-2)15(26-3)9-13(12)18(21)22/h4-9,16-17H,1-3H3,(H,23,24)/t16-,17-/m0/s1. The lowest BCUT2D eigenvalue weighted by Crippen LogP contribution is -2.42. The van der Waals surface area contributed by atoms with E-state index in [9.17, 15) is 19.1 Å². The molecule has 0 bridgehead atoms. The van der Waals surface area contributed by atoms with Crippen LogP contribution >= 0.6 is 0 Å². The van der Waals surface area contributed by atoms with Crippen LogP contribution in [0.3, 0.4) is 0 Å². The van der Waals surface area contributed by atoms with Gasteiger partial charge in [0.25, 0.3) is 5.91 Å². The van der Waals surface area contributed by atoms with Crippen LogP contribution in [0.4, 0.5) is 4.39 Å². The maximum atomic E-state index is 13.7. The Bertz CT molecular complexity index is 882. The van der Waals surface area contributed by atoms with Crippen molar-refractivity contribution in [2.75, 3.05) is 21.3 Å². The average molecular weight is 359 g/mol. The number of hydrogen-bond acceptors (Lipinski definition) is 4. The summed E-state index contributed by atoms with van der Waals surface area (Å²) in [6.07, 6.45) is 0. The van der Waals surface area contributed by atoms with Gasteiger partial charge in [-0.25, -0.2) is 4.39 Å². The van der Waals surface area contributed by atoms with Gasteiger partial charge in [0, 0.05) is 12.6 Å². The van der Waals surface area contributed by atoms with Crippen molar-refractivity contribution in [2.24, 2.45) is 0 Å². The van der Waals surface area contributed by atoms with E-state index in [0.29, 0.717) is 22.6 Å². The average Bonchev–Trinajstić information content (AvgIpc) is 2.62. The minimum atomic E-state index is -1.12. The number of methoxy groups -OCH3 is 2. The van der Waals surface area contributed by atoms with Gasteiger partial charge in [0.15, 0.2) is 11.5 Å². The number of carboxylic acids is 1. The molecular formula is C19H18FNO5. The van der Waals surface area contributed by atoms with Crippen molar-refractivity contribution >= 4 is 11.9 Å². The third kappa shape index (κ3) is 2.75. The van der Waals surface area contributed by atoms with Crippen molar-refractivity contribution < 1.29 is 28.6 Å². The number of benzene rings is 2. The fourth-order valence-electron chi connectivity index (χ4n) is 3.42. The van der Waals surface area contributed by atoms with E-state index in [2.05, 4.69) is 0 Å². The van der Waals surface area contributed by atoms with Gasteiger partial charge in [0.1, 0.15) is 11.7 Å². The third-order valence-electron chi connectivity index (χ3n) is 4.63. The van der Waals surface area contributed by atoms with Gasteiger partial charge in [0.2, 0.25) is 0 Å². The van der Waals surface area contributed by atoms with Crippen molar-refractivity contribution in [1.82, 2.24) is 4.90 Å². The second kappa shape index (κ2) is 6.67. The van der Waals surface area contributed by atoms with E-state index in [-0.39, 0.29) is 11.5 Å². The van der Waals surface area contributed by atoms with Crippen LogP contribution in [0.15, 0.2) is 36.4 Å². The van der Waals surface area contributed by atoms with Crippen molar-refractivity contribution in [1.29, 1.82) is 0 Å². The van der Waals surface area contributed by atoms with Crippen LogP contribution in [0.25, 0.3) is 0 Å². The molecule has 3 rings (SSSR count). The molecule has 0 spiro atoms. The molecule has 0 aromatic heterocycles. The Labute approximate surface area is 149 Å². The molecule has 136 valence electrons. The summed E-state index contributed by atoms with van der Waals surface area (Å²) in [5.74, 6) is -2.39. The number of nitrogens with zero attached hydrogens (tertiary/aromatic N) is 1. The molecule has 0 saturated heterocycles. The molecule has 0 aliphatic carbocycles. The lowest BCUT2D eigenvalue weighted by atomic mass is 9.80. The Balaban J connectivity index is 2.25. The van der Waals surface area contributed by atoms with E-state index >= 15 is 0 Å². The molecule has 1 amide bonds. The molecule has 2 aromatic rings. The molecule has 6 nitrogen and oxygen atoms in total. The Morgan fingerprint density at radius 2 is 1.81 bits per heavy atom. The normalized spacial score (nSPS) is 19.1. The Morgan fingerprint density at radius 1 is 1.15 bits per heavy atom. The van der Waals surface area contributed by atoms with Gasteiger partial charge >= 0.3 is 5.97 Å². The lowest BCUT2D eigenvalue weighted by Gasteiger charge is -2.38. The molecular weight excluding hydrogens is 341 g/mol. The van der Waals surface area contributed by atoms with Crippen LogP contribution in [-0.2, 0) is 4.79 Å². The van der Waals surface area contributed by atoms with E-state index in [4.69, 9.17) is 9.47 Å². The molecule has 0 saturated carbocycles. The van der Waals surface area contributed by atoms with Gasteiger partial charge in [-0.1, -0.05) is 12.1 Å². The highest BCUT2D eigenvalue weighted by atomic mass is 19.1. The first-order chi connectivity index (χ1) is 12.4. The Morgan fingerprint density at radius 3 is 2.38 bits per heavy atom. The zero-order valence-corrected chi connectivity index (χ0v) is 14.5. The van der Waals surface area contributed by atoms with Crippen molar-refractivity contribution in [3.8, 4) is 11.5 Å². The van der Waals surface area contributed by atoms with Gasteiger partial charge in [-0.3, -0.25) is 9.59 Å². The number of carbonyl (C=O) groups excluding carboxylic acids is 1. The number of carbonyl (C=O) groups is 2. The minimum Gasteiger partial charge on any atom is -0.493 e. The highest BCUT2D eigenvalue weighted by Gasteiger charge is 2.43. The summed E-state index contributed by atoms with van der Waals surface area (Å²) in [5.41, 5.74) is 0.950. The minimum absolute atomic E-state index is 0.227. The second-order valence-electron chi connectivity index (χ2n) is 6.03. The molecule has 2 aromatic carbocycles. The summed E-state index contributed by atoms with van der Waals surface area (Å²) in [5, 5.41) is 9.88. The van der Waals surface area contributed by atoms with Crippen molar-refractivity contribution in [3.05, 3.63) is 58.9 Å². The second-order valence-corrected chi connectivity index (χ2v) is 6.03. The van der Waals surface area contributed by atoms with Crippen LogP contribution in [0.5, 0.6) is 11.5 Å². The number of rotatable bonds is 4. The monoisotopic (exact) mass is 359 g/mol.